The third kappa shape index (κ3) is 13.3. The molecular formula is C62H60F8N6O4. The number of fused-ring (bicyclic) bond motifs is 2. The van der Waals surface area contributed by atoms with Crippen LogP contribution in [-0.2, 0) is 0 Å². The number of hydrogen-bond donors (Lipinski definition) is 2. The van der Waals surface area contributed by atoms with E-state index in [1.165, 1.54) is 32.4 Å². The predicted octanol–water partition coefficient (Wildman–Crippen LogP) is 15.9. The van der Waals surface area contributed by atoms with Gasteiger partial charge in [-0.15, -0.1) is 0 Å². The monoisotopic (exact) mass is 1100 g/mol. The molecule has 10 nitrogen and oxygen atoms in total. The van der Waals surface area contributed by atoms with Crippen molar-refractivity contribution >= 4 is 50.6 Å². The second-order valence-electron chi connectivity index (χ2n) is 20.7. The summed E-state index contributed by atoms with van der Waals surface area (Å²) in [5.74, 6) is 0.147. The molecule has 0 saturated heterocycles. The molecule has 2 aliphatic rings. The molecule has 0 aliphatic heterocycles. The number of halogens is 8. The van der Waals surface area contributed by atoms with E-state index in [2.05, 4.69) is 27.2 Å². The van der Waals surface area contributed by atoms with E-state index < -0.39 is 36.8 Å². The van der Waals surface area contributed by atoms with Crippen molar-refractivity contribution in [1.82, 2.24) is 19.1 Å². The summed E-state index contributed by atoms with van der Waals surface area (Å²) in [6.07, 6.45) is -1.88. The van der Waals surface area contributed by atoms with Gasteiger partial charge in [0.25, 0.3) is 0 Å². The van der Waals surface area contributed by atoms with E-state index in [0.29, 0.717) is 91.5 Å². The zero-order chi connectivity index (χ0) is 57.2. The van der Waals surface area contributed by atoms with Crippen molar-refractivity contribution in [2.75, 3.05) is 37.9 Å². The van der Waals surface area contributed by atoms with Crippen LogP contribution in [0.25, 0.3) is 39.0 Å². The molecule has 2 aromatic heterocycles. The van der Waals surface area contributed by atoms with Gasteiger partial charge in [0.2, 0.25) is 0 Å². The number of aryl methyl sites for hydroxylation is 2. The quantitative estimate of drug-likeness (QED) is 0.0573. The molecule has 2 aliphatic carbocycles. The lowest BCUT2D eigenvalue weighted by atomic mass is 9.92. The largest absolute Gasteiger partial charge is 0.494 e. The SMILES string of the molecule is C=C(c1ccc(OC)c(F)c1)c1cc(NCCC(F)(F)F)c2ncn(-c3ccc(C(=O)CC4CC4)c(C)c3)c2c1.COc1ccc(C(C)c2cc(NCCC(F)(F)F)c3ncn(-c4ccc(C(=O)CC5CC5)c(C)c4)c3c2)cc1F. The number of anilines is 2. The Kier molecular flexibility index (Phi) is 16.6. The Morgan fingerprint density at radius 1 is 0.613 bits per heavy atom. The van der Waals surface area contributed by atoms with Crippen LogP contribution in [0.4, 0.5) is 46.5 Å². The van der Waals surface area contributed by atoms with Gasteiger partial charge in [0.05, 0.1) is 49.5 Å². The Balaban J connectivity index is 0.000000194. The molecule has 2 fully saturated rings. The highest BCUT2D eigenvalue weighted by Gasteiger charge is 2.30. The summed E-state index contributed by atoms with van der Waals surface area (Å²) < 4.78 is 120. The van der Waals surface area contributed by atoms with E-state index in [1.807, 2.05) is 78.4 Å². The molecule has 0 amide bonds. The van der Waals surface area contributed by atoms with Gasteiger partial charge in [0.15, 0.2) is 34.7 Å². The van der Waals surface area contributed by atoms with Crippen LogP contribution < -0.4 is 20.1 Å². The highest BCUT2D eigenvalue weighted by atomic mass is 19.4. The topological polar surface area (TPSA) is 112 Å². The van der Waals surface area contributed by atoms with Crippen LogP contribution in [0.1, 0.15) is 118 Å². The van der Waals surface area contributed by atoms with Gasteiger partial charge in [0, 0.05) is 54.4 Å². The van der Waals surface area contributed by atoms with Crippen LogP contribution >= 0.6 is 0 Å². The van der Waals surface area contributed by atoms with Crippen molar-refractivity contribution in [3.8, 4) is 22.9 Å². The van der Waals surface area contributed by atoms with E-state index in [-0.39, 0.29) is 42.1 Å². The van der Waals surface area contributed by atoms with Gasteiger partial charge in [-0.05, 0) is 175 Å². The lowest BCUT2D eigenvalue weighted by Gasteiger charge is -2.17. The number of ether oxygens (including phenoxy) is 2. The van der Waals surface area contributed by atoms with E-state index >= 15 is 0 Å². The van der Waals surface area contributed by atoms with Crippen molar-refractivity contribution in [2.45, 2.75) is 90.4 Å². The molecular weight excluding hydrogens is 1040 g/mol. The van der Waals surface area contributed by atoms with Gasteiger partial charge in [-0.2, -0.15) is 26.3 Å². The Labute approximate surface area is 457 Å². The first-order valence-corrected chi connectivity index (χ1v) is 26.4. The fraction of sp³-hybridized carbons (Fsp3) is 0.323. The molecule has 80 heavy (non-hydrogen) atoms. The lowest BCUT2D eigenvalue weighted by Crippen LogP contribution is -2.15. The van der Waals surface area contributed by atoms with Gasteiger partial charge >= 0.3 is 12.4 Å². The first kappa shape index (κ1) is 56.7. The van der Waals surface area contributed by atoms with Crippen LogP contribution in [0.5, 0.6) is 11.5 Å². The molecule has 18 heteroatoms. The maximum Gasteiger partial charge on any atom is 0.390 e. The number of carbonyl (C=O) groups is 2. The zero-order valence-corrected chi connectivity index (χ0v) is 44.8. The van der Waals surface area contributed by atoms with Gasteiger partial charge in [-0.25, -0.2) is 18.7 Å². The standard InChI is InChI=1S/C31H31F4N3O2.C31H29F4N3O2/c2*1-18-12-23(7-8-24(18)28(39)13-20-4-5-20)38-17-37-30-26(36-11-10-31(33,34)35)15-22(16-27(30)38)19(2)21-6-9-29(40-3)25(32)14-21/h6-9,12,14-17,19-20,36H,4-5,10-11,13H2,1-3H3;6-9,12,14-17,20,36H,2,4-5,10-11,13H2,1,3H3. The van der Waals surface area contributed by atoms with Gasteiger partial charge in [0.1, 0.15) is 23.7 Å². The third-order valence-corrected chi connectivity index (χ3v) is 14.7. The maximum absolute atomic E-state index is 14.5. The summed E-state index contributed by atoms with van der Waals surface area (Å²) in [4.78, 5) is 34.5. The Morgan fingerprint density at radius 3 is 1.54 bits per heavy atom. The summed E-state index contributed by atoms with van der Waals surface area (Å²) >= 11 is 0. The molecule has 10 rings (SSSR count). The molecule has 0 radical (unpaired) electrons. The second kappa shape index (κ2) is 23.4. The number of carbonyl (C=O) groups excluding carboxylic acids is 2. The highest BCUT2D eigenvalue weighted by Crippen LogP contribution is 2.39. The van der Waals surface area contributed by atoms with Gasteiger partial charge in [-0.3, -0.25) is 18.7 Å². The molecule has 418 valence electrons. The minimum Gasteiger partial charge on any atom is -0.494 e. The summed E-state index contributed by atoms with van der Waals surface area (Å²) in [5.41, 5.74) is 10.8. The molecule has 2 heterocycles. The summed E-state index contributed by atoms with van der Waals surface area (Å²) in [6.45, 7) is 9.19. The minimum atomic E-state index is -4.32. The second-order valence-corrected chi connectivity index (χ2v) is 20.7. The van der Waals surface area contributed by atoms with Crippen molar-refractivity contribution < 1.29 is 54.2 Å². The number of nitrogens with one attached hydrogen (secondary N) is 2. The van der Waals surface area contributed by atoms with Crippen molar-refractivity contribution in [2.24, 2.45) is 11.8 Å². The number of Topliss-reactive ketones (excluding diaryl/α,β-unsaturated/α-hetero) is 2. The average Bonchev–Trinajstić information content (AvgIpc) is 4.33. The smallest absolute Gasteiger partial charge is 0.390 e. The molecule has 0 spiro atoms. The Morgan fingerprint density at radius 2 is 1.09 bits per heavy atom. The van der Waals surface area contributed by atoms with Crippen LogP contribution in [0.2, 0.25) is 0 Å². The maximum atomic E-state index is 14.5. The van der Waals surface area contributed by atoms with Gasteiger partial charge < -0.3 is 20.1 Å². The van der Waals surface area contributed by atoms with Crippen molar-refractivity contribution in [3.63, 3.8) is 0 Å². The number of rotatable bonds is 20. The number of nitrogens with zero attached hydrogens (tertiary/aromatic N) is 4. The van der Waals surface area contributed by atoms with E-state index in [4.69, 9.17) is 9.47 Å². The number of benzene rings is 6. The van der Waals surface area contributed by atoms with E-state index in [1.54, 1.807) is 43.0 Å². The van der Waals surface area contributed by atoms with Gasteiger partial charge in [-0.1, -0.05) is 25.6 Å². The van der Waals surface area contributed by atoms with Crippen molar-refractivity contribution in [1.29, 1.82) is 0 Å². The normalized spacial score (nSPS) is 13.9. The van der Waals surface area contributed by atoms with Crippen molar-refractivity contribution in [3.05, 3.63) is 172 Å². The lowest BCUT2D eigenvalue weighted by molar-refractivity contribution is -0.132. The fourth-order valence-electron chi connectivity index (χ4n) is 9.81. The number of ketones is 2. The number of methoxy groups -OCH3 is 2. The summed E-state index contributed by atoms with van der Waals surface area (Å²) in [6, 6.07) is 27.6. The van der Waals surface area contributed by atoms with Crippen LogP contribution in [0.3, 0.4) is 0 Å². The zero-order valence-electron chi connectivity index (χ0n) is 44.8. The Hall–Kier alpha value is -8.02. The Bertz CT molecular complexity index is 3630. The highest BCUT2D eigenvalue weighted by molar-refractivity contribution is 5.99. The third-order valence-electron chi connectivity index (χ3n) is 14.7. The van der Waals surface area contributed by atoms with Crippen LogP contribution in [-0.4, -0.2) is 70.3 Å². The molecule has 2 N–H and O–H groups in total. The number of alkyl halides is 6. The predicted molar refractivity (Wildman–Crippen MR) is 295 cm³/mol. The van der Waals surface area contributed by atoms with Crippen LogP contribution in [0, 0.1) is 37.3 Å². The molecule has 0 bridgehead atoms. The summed E-state index contributed by atoms with van der Waals surface area (Å²) in [7, 11) is 2.77. The number of hydrogen-bond acceptors (Lipinski definition) is 8. The number of aromatic nitrogens is 4. The first-order valence-electron chi connectivity index (χ1n) is 26.4. The molecule has 1 atom stereocenters. The minimum absolute atomic E-state index is 0.0917. The van der Waals surface area contributed by atoms with Crippen LogP contribution in [0.15, 0.2) is 116 Å². The number of imidazole rings is 2. The van der Waals surface area contributed by atoms with E-state index in [0.717, 1.165) is 53.7 Å². The molecule has 8 aromatic rings. The first-order chi connectivity index (χ1) is 38.1. The molecule has 6 aromatic carbocycles. The average molecular weight is 1110 g/mol. The fourth-order valence-corrected chi connectivity index (χ4v) is 9.81. The molecule has 1 unspecified atom stereocenters. The van der Waals surface area contributed by atoms with E-state index in [9.17, 15) is 44.7 Å². The molecule has 2 saturated carbocycles. The summed E-state index contributed by atoms with van der Waals surface area (Å²) in [5, 5.41) is 5.78.